The van der Waals surface area contributed by atoms with E-state index in [1.807, 2.05) is 6.07 Å². The maximum Gasteiger partial charge on any atom is 0.342 e. The minimum absolute atomic E-state index is 0.00502. The van der Waals surface area contributed by atoms with Gasteiger partial charge in [-0.3, -0.25) is 0 Å². The number of hydrogen-bond acceptors (Lipinski definition) is 4. The molecule has 4 nitrogen and oxygen atoms in total. The molecule has 3 aromatic carbocycles. The average molecular weight is 366 g/mol. The second-order valence-electron chi connectivity index (χ2n) is 5.87. The number of phenols is 1. The Morgan fingerprint density at radius 2 is 1.56 bits per heavy atom. The summed E-state index contributed by atoms with van der Waals surface area (Å²) in [6.07, 6.45) is 0. The van der Waals surface area contributed by atoms with Gasteiger partial charge in [0, 0.05) is 18.2 Å². The van der Waals surface area contributed by atoms with E-state index in [4.69, 9.17) is 9.47 Å². The van der Waals surface area contributed by atoms with Crippen LogP contribution >= 0.6 is 0 Å². The number of aromatic hydroxyl groups is 1. The molecule has 0 aliphatic heterocycles. The Hall–Kier alpha value is -3.18. The molecule has 0 spiro atoms. The number of carbonyl (C=O) groups excluding carboxylic acids is 1. The largest absolute Gasteiger partial charge is 0.507 e. The van der Waals surface area contributed by atoms with E-state index < -0.39 is 11.8 Å². The molecular weight excluding hydrogens is 347 g/mol. The van der Waals surface area contributed by atoms with Crippen molar-refractivity contribution in [2.45, 2.75) is 0 Å². The molecule has 0 atom stereocenters. The van der Waals surface area contributed by atoms with Crippen LogP contribution in [0.3, 0.4) is 0 Å². The molecule has 138 valence electrons. The SMILES string of the molecule is COCCOC(=O)c1c(O)cc(-c2ccccc2)c(F)c1-c1ccccc1. The van der Waals surface area contributed by atoms with Gasteiger partial charge in [-0.15, -0.1) is 0 Å². The van der Waals surface area contributed by atoms with Crippen molar-refractivity contribution in [1.82, 2.24) is 0 Å². The van der Waals surface area contributed by atoms with Gasteiger partial charge in [-0.05, 0) is 17.2 Å². The highest BCUT2D eigenvalue weighted by Gasteiger charge is 2.26. The van der Waals surface area contributed by atoms with Gasteiger partial charge in [0.2, 0.25) is 0 Å². The molecule has 0 unspecified atom stereocenters. The number of ether oxygens (including phenoxy) is 2. The monoisotopic (exact) mass is 366 g/mol. The number of esters is 1. The smallest absolute Gasteiger partial charge is 0.342 e. The fourth-order valence-electron chi connectivity index (χ4n) is 2.84. The van der Waals surface area contributed by atoms with Gasteiger partial charge < -0.3 is 14.6 Å². The predicted molar refractivity (Wildman–Crippen MR) is 101 cm³/mol. The van der Waals surface area contributed by atoms with E-state index in [0.29, 0.717) is 11.1 Å². The van der Waals surface area contributed by atoms with Crippen LogP contribution < -0.4 is 0 Å². The number of methoxy groups -OCH3 is 1. The van der Waals surface area contributed by atoms with Gasteiger partial charge in [0.25, 0.3) is 0 Å². The highest BCUT2D eigenvalue weighted by Crippen LogP contribution is 2.39. The van der Waals surface area contributed by atoms with E-state index in [2.05, 4.69) is 0 Å². The lowest BCUT2D eigenvalue weighted by Gasteiger charge is -2.16. The van der Waals surface area contributed by atoms with E-state index >= 15 is 4.39 Å². The molecule has 3 aromatic rings. The van der Waals surface area contributed by atoms with Crippen molar-refractivity contribution in [3.63, 3.8) is 0 Å². The summed E-state index contributed by atoms with van der Waals surface area (Å²) in [6, 6.07) is 18.7. The predicted octanol–water partition coefficient (Wildman–Crippen LogP) is 4.67. The first-order valence-corrected chi connectivity index (χ1v) is 8.46. The normalized spacial score (nSPS) is 10.6. The van der Waals surface area contributed by atoms with Gasteiger partial charge in [0.05, 0.1) is 6.61 Å². The van der Waals surface area contributed by atoms with E-state index in [-0.39, 0.29) is 35.7 Å². The summed E-state index contributed by atoms with van der Waals surface area (Å²) in [5.41, 5.74) is 1.09. The van der Waals surface area contributed by atoms with Crippen LogP contribution in [0.2, 0.25) is 0 Å². The van der Waals surface area contributed by atoms with Crippen molar-refractivity contribution in [1.29, 1.82) is 0 Å². The number of carbonyl (C=O) groups is 1. The van der Waals surface area contributed by atoms with Gasteiger partial charge in [0.1, 0.15) is 23.7 Å². The third-order valence-electron chi connectivity index (χ3n) is 4.12. The first-order chi connectivity index (χ1) is 13.1. The minimum atomic E-state index is -0.804. The lowest BCUT2D eigenvalue weighted by Crippen LogP contribution is -2.12. The molecular formula is C22H19FO4. The van der Waals surface area contributed by atoms with Gasteiger partial charge >= 0.3 is 5.97 Å². The van der Waals surface area contributed by atoms with Crippen LogP contribution in [-0.4, -0.2) is 31.4 Å². The molecule has 0 radical (unpaired) electrons. The standard InChI is InChI=1S/C22H19FO4/c1-26-12-13-27-22(25)20-18(24)14-17(15-8-4-2-5-9-15)21(23)19(20)16-10-6-3-7-11-16/h2-11,14,24H,12-13H2,1H3. The van der Waals surface area contributed by atoms with Gasteiger partial charge in [0.15, 0.2) is 0 Å². The number of hydrogen-bond donors (Lipinski definition) is 1. The van der Waals surface area contributed by atoms with Crippen molar-refractivity contribution in [3.05, 3.63) is 78.1 Å². The third kappa shape index (κ3) is 3.99. The summed E-state index contributed by atoms with van der Waals surface area (Å²) in [5, 5.41) is 10.5. The fourth-order valence-corrected chi connectivity index (χ4v) is 2.84. The van der Waals surface area contributed by atoms with Crippen LogP contribution in [-0.2, 0) is 9.47 Å². The molecule has 0 saturated carbocycles. The Balaban J connectivity index is 2.18. The van der Waals surface area contributed by atoms with Crippen molar-refractivity contribution in [2.75, 3.05) is 20.3 Å². The van der Waals surface area contributed by atoms with E-state index in [1.54, 1.807) is 54.6 Å². The lowest BCUT2D eigenvalue weighted by molar-refractivity contribution is 0.0385. The maximum atomic E-state index is 15.5. The molecule has 5 heteroatoms. The third-order valence-corrected chi connectivity index (χ3v) is 4.12. The van der Waals surface area contributed by atoms with E-state index in [1.165, 1.54) is 13.2 Å². The number of benzene rings is 3. The number of halogens is 1. The summed E-state index contributed by atoms with van der Waals surface area (Å²) in [7, 11) is 1.48. The van der Waals surface area contributed by atoms with Crippen LogP contribution in [0.5, 0.6) is 5.75 Å². The molecule has 0 fully saturated rings. The average Bonchev–Trinajstić information content (AvgIpc) is 2.70. The molecule has 0 aliphatic carbocycles. The van der Waals surface area contributed by atoms with Crippen molar-refractivity contribution in [2.24, 2.45) is 0 Å². The molecule has 0 saturated heterocycles. The molecule has 0 heterocycles. The van der Waals surface area contributed by atoms with Crippen molar-refractivity contribution >= 4 is 5.97 Å². The van der Waals surface area contributed by atoms with E-state index in [9.17, 15) is 9.90 Å². The molecule has 3 rings (SSSR count). The minimum Gasteiger partial charge on any atom is -0.507 e. The second-order valence-corrected chi connectivity index (χ2v) is 5.87. The zero-order chi connectivity index (χ0) is 19.2. The van der Waals surface area contributed by atoms with Gasteiger partial charge in [-0.2, -0.15) is 0 Å². The second kappa shape index (κ2) is 8.47. The highest BCUT2D eigenvalue weighted by molar-refractivity contribution is 6.01. The Labute approximate surface area is 156 Å². The zero-order valence-corrected chi connectivity index (χ0v) is 14.8. The number of rotatable bonds is 6. The van der Waals surface area contributed by atoms with Gasteiger partial charge in [-0.25, -0.2) is 9.18 Å². The first-order valence-electron chi connectivity index (χ1n) is 8.46. The Kier molecular flexibility index (Phi) is 5.84. The topological polar surface area (TPSA) is 55.8 Å². The van der Waals surface area contributed by atoms with Crippen LogP contribution in [0.1, 0.15) is 10.4 Å². The summed E-state index contributed by atoms with van der Waals surface area (Å²) >= 11 is 0. The zero-order valence-electron chi connectivity index (χ0n) is 14.8. The quantitative estimate of drug-likeness (QED) is 0.509. The number of phenolic OH excluding ortho intramolecular Hbond substituents is 1. The molecule has 1 N–H and O–H groups in total. The van der Waals surface area contributed by atoms with Gasteiger partial charge in [-0.1, -0.05) is 60.7 Å². The molecule has 0 bridgehead atoms. The summed E-state index contributed by atoms with van der Waals surface area (Å²) in [4.78, 5) is 12.5. The maximum absolute atomic E-state index is 15.5. The van der Waals surface area contributed by atoms with E-state index in [0.717, 1.165) is 0 Å². The van der Waals surface area contributed by atoms with Crippen LogP contribution in [0.15, 0.2) is 66.7 Å². The van der Waals surface area contributed by atoms with Crippen LogP contribution in [0.25, 0.3) is 22.3 Å². The molecule has 0 aromatic heterocycles. The molecule has 0 aliphatic rings. The Morgan fingerprint density at radius 1 is 0.963 bits per heavy atom. The first kappa shape index (κ1) is 18.6. The summed E-state index contributed by atoms with van der Waals surface area (Å²) in [5.74, 6) is -1.73. The highest BCUT2D eigenvalue weighted by atomic mass is 19.1. The fraction of sp³-hybridized carbons (Fsp3) is 0.136. The summed E-state index contributed by atoms with van der Waals surface area (Å²) < 4.78 is 25.5. The molecule has 27 heavy (non-hydrogen) atoms. The Bertz CT molecular complexity index is 924. The lowest BCUT2D eigenvalue weighted by atomic mass is 9.92. The van der Waals surface area contributed by atoms with Crippen molar-refractivity contribution < 1.29 is 23.8 Å². The molecule has 0 amide bonds. The van der Waals surface area contributed by atoms with Crippen LogP contribution in [0, 0.1) is 5.82 Å². The Morgan fingerprint density at radius 3 is 2.15 bits per heavy atom. The van der Waals surface area contributed by atoms with Crippen molar-refractivity contribution in [3.8, 4) is 28.0 Å². The summed E-state index contributed by atoms with van der Waals surface area (Å²) in [6.45, 7) is 0.211. The van der Waals surface area contributed by atoms with Crippen LogP contribution in [0.4, 0.5) is 4.39 Å².